The molecule has 0 aliphatic carbocycles. The molecule has 1 aromatic carbocycles. The van der Waals surface area contributed by atoms with Gasteiger partial charge in [0.25, 0.3) is 11.5 Å². The number of rotatable bonds is 2. The molecule has 6 heteroatoms. The SMILES string of the molecule is Cc1cnn(C2CCCN(C(=O)c3cc4ccccc4[nH]c3=O)C2)c1. The highest BCUT2D eigenvalue weighted by atomic mass is 16.2. The average Bonchev–Trinajstić information content (AvgIpc) is 3.07. The maximum absolute atomic E-state index is 12.9. The normalized spacial score (nSPS) is 17.8. The molecule has 4 rings (SSSR count). The van der Waals surface area contributed by atoms with Gasteiger partial charge < -0.3 is 9.88 Å². The van der Waals surface area contributed by atoms with Crippen molar-refractivity contribution in [1.29, 1.82) is 0 Å². The number of amides is 1. The lowest BCUT2D eigenvalue weighted by Crippen LogP contribution is -2.42. The van der Waals surface area contributed by atoms with E-state index in [1.165, 1.54) is 0 Å². The van der Waals surface area contributed by atoms with Crippen molar-refractivity contribution in [2.45, 2.75) is 25.8 Å². The third-order valence-corrected chi connectivity index (χ3v) is 4.77. The standard InChI is InChI=1S/C19H20N4O2/c1-13-10-20-23(11-13)15-6-4-8-22(12-15)19(25)16-9-14-5-2-3-7-17(14)21-18(16)24/h2-3,5,7,9-11,15H,4,6,8,12H2,1H3,(H,21,24). The zero-order valence-electron chi connectivity index (χ0n) is 14.1. The number of carbonyl (C=O) groups excluding carboxylic acids is 1. The summed E-state index contributed by atoms with van der Waals surface area (Å²) in [5.74, 6) is -0.208. The third kappa shape index (κ3) is 2.95. The van der Waals surface area contributed by atoms with Crippen molar-refractivity contribution in [2.24, 2.45) is 0 Å². The first-order valence-electron chi connectivity index (χ1n) is 8.54. The highest BCUT2D eigenvalue weighted by Crippen LogP contribution is 2.22. The molecule has 1 aliphatic heterocycles. The van der Waals surface area contributed by atoms with Crippen molar-refractivity contribution >= 4 is 16.8 Å². The molecule has 3 aromatic rings. The average molecular weight is 336 g/mol. The number of aromatic nitrogens is 3. The molecule has 0 saturated carbocycles. The molecule has 1 fully saturated rings. The highest BCUT2D eigenvalue weighted by molar-refractivity contribution is 5.97. The van der Waals surface area contributed by atoms with E-state index in [9.17, 15) is 9.59 Å². The molecule has 1 N–H and O–H groups in total. The lowest BCUT2D eigenvalue weighted by molar-refractivity contribution is 0.0671. The summed E-state index contributed by atoms with van der Waals surface area (Å²) in [6, 6.07) is 9.34. The third-order valence-electron chi connectivity index (χ3n) is 4.77. The molecule has 6 nitrogen and oxygen atoms in total. The first kappa shape index (κ1) is 15.6. The van der Waals surface area contributed by atoms with E-state index in [2.05, 4.69) is 10.1 Å². The second kappa shape index (κ2) is 6.20. The molecule has 1 aliphatic rings. The molecular weight excluding hydrogens is 316 g/mol. The minimum absolute atomic E-state index is 0.158. The number of aryl methyl sites for hydroxylation is 1. The summed E-state index contributed by atoms with van der Waals surface area (Å²) in [5.41, 5.74) is 1.72. The Morgan fingerprint density at radius 2 is 2.16 bits per heavy atom. The number of nitrogens with zero attached hydrogens (tertiary/aromatic N) is 3. The van der Waals surface area contributed by atoms with Crippen LogP contribution in [0.5, 0.6) is 0 Å². The van der Waals surface area contributed by atoms with Crippen molar-refractivity contribution in [3.63, 3.8) is 0 Å². The Morgan fingerprint density at radius 1 is 1.32 bits per heavy atom. The van der Waals surface area contributed by atoms with E-state index in [1.54, 1.807) is 11.0 Å². The van der Waals surface area contributed by atoms with Crippen LogP contribution in [0.1, 0.15) is 34.8 Å². The number of hydrogen-bond acceptors (Lipinski definition) is 3. The molecule has 0 bridgehead atoms. The number of hydrogen-bond donors (Lipinski definition) is 1. The summed E-state index contributed by atoms with van der Waals surface area (Å²) in [6.07, 6.45) is 5.72. The van der Waals surface area contributed by atoms with Gasteiger partial charge in [-0.25, -0.2) is 0 Å². The number of aromatic amines is 1. The maximum atomic E-state index is 12.9. The Bertz CT molecular complexity index is 988. The lowest BCUT2D eigenvalue weighted by atomic mass is 10.0. The maximum Gasteiger partial charge on any atom is 0.261 e. The van der Waals surface area contributed by atoms with Crippen LogP contribution in [0, 0.1) is 6.92 Å². The van der Waals surface area contributed by atoms with E-state index in [0.29, 0.717) is 13.1 Å². The summed E-state index contributed by atoms with van der Waals surface area (Å²) in [7, 11) is 0. The van der Waals surface area contributed by atoms with E-state index in [0.717, 1.165) is 29.3 Å². The molecule has 1 saturated heterocycles. The van der Waals surface area contributed by atoms with Crippen LogP contribution in [0.15, 0.2) is 47.5 Å². The predicted octanol–water partition coefficient (Wildman–Crippen LogP) is 2.51. The van der Waals surface area contributed by atoms with Crippen LogP contribution in [0.25, 0.3) is 10.9 Å². The molecule has 1 atom stereocenters. The van der Waals surface area contributed by atoms with Gasteiger partial charge in [0.2, 0.25) is 0 Å². The number of nitrogens with one attached hydrogen (secondary N) is 1. The fraction of sp³-hybridized carbons (Fsp3) is 0.316. The Labute approximate surface area is 145 Å². The van der Waals surface area contributed by atoms with Gasteiger partial charge in [-0.05, 0) is 42.8 Å². The summed E-state index contributed by atoms with van der Waals surface area (Å²) in [4.78, 5) is 29.8. The quantitative estimate of drug-likeness (QED) is 0.782. The minimum atomic E-state index is -0.333. The molecule has 25 heavy (non-hydrogen) atoms. The molecule has 1 amide bonds. The van der Waals surface area contributed by atoms with Gasteiger partial charge in [-0.15, -0.1) is 0 Å². The monoisotopic (exact) mass is 336 g/mol. The predicted molar refractivity (Wildman–Crippen MR) is 95.7 cm³/mol. The van der Waals surface area contributed by atoms with Crippen molar-refractivity contribution in [2.75, 3.05) is 13.1 Å². The van der Waals surface area contributed by atoms with Crippen LogP contribution in [0.3, 0.4) is 0 Å². The number of benzene rings is 1. The van der Waals surface area contributed by atoms with Gasteiger partial charge in [0.1, 0.15) is 5.56 Å². The summed E-state index contributed by atoms with van der Waals surface area (Å²) in [6.45, 7) is 3.25. The number of fused-ring (bicyclic) bond motifs is 1. The van der Waals surface area contributed by atoms with E-state index >= 15 is 0 Å². The van der Waals surface area contributed by atoms with Crippen molar-refractivity contribution in [1.82, 2.24) is 19.7 Å². The van der Waals surface area contributed by atoms with Crippen LogP contribution >= 0.6 is 0 Å². The van der Waals surface area contributed by atoms with Gasteiger partial charge in [-0.1, -0.05) is 18.2 Å². The number of para-hydroxylation sites is 1. The molecule has 0 spiro atoms. The van der Waals surface area contributed by atoms with Crippen LogP contribution in [0.4, 0.5) is 0 Å². The molecule has 128 valence electrons. The molecular formula is C19H20N4O2. The minimum Gasteiger partial charge on any atom is -0.336 e. The Morgan fingerprint density at radius 3 is 2.96 bits per heavy atom. The molecule has 3 heterocycles. The van der Waals surface area contributed by atoms with Gasteiger partial charge >= 0.3 is 0 Å². The Kier molecular flexibility index (Phi) is 3.87. The lowest BCUT2D eigenvalue weighted by Gasteiger charge is -2.32. The van der Waals surface area contributed by atoms with Crippen LogP contribution in [-0.4, -0.2) is 38.7 Å². The zero-order valence-corrected chi connectivity index (χ0v) is 14.1. The van der Waals surface area contributed by atoms with Crippen LogP contribution < -0.4 is 5.56 Å². The first-order chi connectivity index (χ1) is 12.1. The number of piperidine rings is 1. The van der Waals surface area contributed by atoms with Gasteiger partial charge in [0, 0.05) is 24.8 Å². The molecule has 0 radical (unpaired) electrons. The van der Waals surface area contributed by atoms with Gasteiger partial charge in [-0.3, -0.25) is 14.3 Å². The smallest absolute Gasteiger partial charge is 0.261 e. The topological polar surface area (TPSA) is 71.0 Å². The fourth-order valence-corrected chi connectivity index (χ4v) is 3.46. The van der Waals surface area contributed by atoms with E-state index in [1.807, 2.05) is 48.3 Å². The molecule has 2 aromatic heterocycles. The Hall–Kier alpha value is -2.89. The summed E-state index contributed by atoms with van der Waals surface area (Å²) < 4.78 is 1.93. The first-order valence-corrected chi connectivity index (χ1v) is 8.54. The zero-order chi connectivity index (χ0) is 17.4. The Balaban J connectivity index is 1.62. The van der Waals surface area contributed by atoms with Crippen LogP contribution in [0.2, 0.25) is 0 Å². The van der Waals surface area contributed by atoms with Crippen molar-refractivity contribution in [3.05, 3.63) is 64.2 Å². The van der Waals surface area contributed by atoms with Gasteiger partial charge in [-0.2, -0.15) is 5.10 Å². The van der Waals surface area contributed by atoms with E-state index in [-0.39, 0.29) is 23.1 Å². The number of pyridine rings is 1. The van der Waals surface area contributed by atoms with Gasteiger partial charge in [0.15, 0.2) is 0 Å². The number of H-pyrrole nitrogens is 1. The number of carbonyl (C=O) groups is 1. The van der Waals surface area contributed by atoms with Crippen molar-refractivity contribution < 1.29 is 4.79 Å². The largest absolute Gasteiger partial charge is 0.336 e. The van der Waals surface area contributed by atoms with E-state index in [4.69, 9.17) is 0 Å². The second-order valence-corrected chi connectivity index (χ2v) is 6.64. The number of likely N-dealkylation sites (tertiary alicyclic amines) is 1. The van der Waals surface area contributed by atoms with Crippen LogP contribution in [-0.2, 0) is 0 Å². The van der Waals surface area contributed by atoms with Crippen molar-refractivity contribution in [3.8, 4) is 0 Å². The second-order valence-electron chi connectivity index (χ2n) is 6.64. The fourth-order valence-electron chi connectivity index (χ4n) is 3.46. The van der Waals surface area contributed by atoms with Gasteiger partial charge in [0.05, 0.1) is 12.2 Å². The van der Waals surface area contributed by atoms with E-state index < -0.39 is 0 Å². The molecule has 1 unspecified atom stereocenters. The summed E-state index contributed by atoms with van der Waals surface area (Å²) >= 11 is 0. The highest BCUT2D eigenvalue weighted by Gasteiger charge is 2.27. The summed E-state index contributed by atoms with van der Waals surface area (Å²) in [5, 5.41) is 5.24.